The maximum Gasteiger partial charge on any atom is 0.168 e. The third-order valence-corrected chi connectivity index (χ3v) is 5.99. The van der Waals surface area contributed by atoms with Crippen LogP contribution in [-0.4, -0.2) is 11.5 Å². The Balaban J connectivity index is 1.93. The summed E-state index contributed by atoms with van der Waals surface area (Å²) in [5.74, 6) is 1.97. The number of fused-ring (bicyclic) bond motifs is 2. The number of hydrogen-bond donors (Lipinski definition) is 0. The molecule has 21 heavy (non-hydrogen) atoms. The zero-order valence-electron chi connectivity index (χ0n) is 12.3. The van der Waals surface area contributed by atoms with Gasteiger partial charge in [0, 0.05) is 32.4 Å². The first-order valence-corrected chi connectivity index (χ1v) is 8.99. The molecule has 0 bridgehead atoms. The van der Waals surface area contributed by atoms with Crippen LogP contribution in [0, 0.1) is 5.92 Å². The summed E-state index contributed by atoms with van der Waals surface area (Å²) in [6.45, 7) is 4.43. The van der Waals surface area contributed by atoms with Crippen molar-refractivity contribution in [2.24, 2.45) is 5.92 Å². The smallest absolute Gasteiger partial charge is 0.168 e. The third-order valence-electron chi connectivity index (χ3n) is 3.38. The van der Waals surface area contributed by atoms with Crippen LogP contribution in [0.25, 0.3) is 0 Å². The number of carbonyl (C=O) groups is 1. The Kier molecular flexibility index (Phi) is 4.41. The lowest BCUT2D eigenvalue weighted by molar-refractivity contribution is 0.0990. The second kappa shape index (κ2) is 6.29. The zero-order valence-corrected chi connectivity index (χ0v) is 13.9. The van der Waals surface area contributed by atoms with E-state index in [0.29, 0.717) is 12.3 Å². The molecule has 0 radical (unpaired) electrons. The Morgan fingerprint density at radius 2 is 1.95 bits per heavy atom. The number of ketones is 1. The molecule has 0 aromatic heterocycles. The lowest BCUT2D eigenvalue weighted by atomic mass is 10.0. The van der Waals surface area contributed by atoms with Crippen LogP contribution >= 0.6 is 23.5 Å². The highest BCUT2D eigenvalue weighted by Crippen LogP contribution is 2.38. The molecule has 1 nitrogen and oxygen atoms in total. The topological polar surface area (TPSA) is 17.1 Å². The fraction of sp³-hybridized carbons (Fsp3) is 0.278. The van der Waals surface area contributed by atoms with Gasteiger partial charge in [-0.25, -0.2) is 0 Å². The van der Waals surface area contributed by atoms with E-state index in [9.17, 15) is 4.79 Å². The number of thioether (sulfide) groups is 1. The first-order chi connectivity index (χ1) is 10.1. The maximum atomic E-state index is 12.5. The molecule has 3 heteroatoms. The van der Waals surface area contributed by atoms with Gasteiger partial charge in [-0.05, 0) is 35.7 Å². The molecule has 0 aliphatic carbocycles. The van der Waals surface area contributed by atoms with Crippen LogP contribution in [0.5, 0.6) is 0 Å². The van der Waals surface area contributed by atoms with Crippen molar-refractivity contribution in [2.75, 3.05) is 5.75 Å². The quantitative estimate of drug-likeness (QED) is 0.713. The summed E-state index contributed by atoms with van der Waals surface area (Å²) in [5, 5.41) is 0. The summed E-state index contributed by atoms with van der Waals surface area (Å²) in [5.41, 5.74) is 2.02. The van der Waals surface area contributed by atoms with Crippen LogP contribution in [0.2, 0.25) is 0 Å². The van der Waals surface area contributed by atoms with Crippen molar-refractivity contribution in [1.82, 2.24) is 0 Å². The minimum Gasteiger partial charge on any atom is -0.294 e. The largest absolute Gasteiger partial charge is 0.294 e. The fourth-order valence-corrected chi connectivity index (χ4v) is 4.27. The summed E-state index contributed by atoms with van der Waals surface area (Å²) in [7, 11) is 0. The predicted octanol–water partition coefficient (Wildman–Crippen LogP) is 5.32. The molecule has 0 fully saturated rings. The van der Waals surface area contributed by atoms with E-state index in [1.165, 1.54) is 9.79 Å². The molecule has 0 unspecified atom stereocenters. The molecule has 0 spiro atoms. The summed E-state index contributed by atoms with van der Waals surface area (Å²) < 4.78 is 0. The molecule has 3 rings (SSSR count). The molecular formula is C18H18OS2. The number of Topliss-reactive ketones (excluding diaryl/α,β-unsaturated/α-hetero) is 1. The summed E-state index contributed by atoms with van der Waals surface area (Å²) in [6.07, 6.45) is 0.508. The number of benzene rings is 2. The standard InChI is InChI=1S/C18H18OS2/c1-12(2)11-20-14-7-8-18-15(10-14)16(19)9-13-5-3-4-6-17(13)21-18/h3-8,10,12H,9,11H2,1-2H3. The van der Waals surface area contributed by atoms with Crippen LogP contribution in [0.1, 0.15) is 29.8 Å². The molecule has 1 heterocycles. The average Bonchev–Trinajstić information content (AvgIpc) is 2.61. The maximum absolute atomic E-state index is 12.5. The van der Waals surface area contributed by atoms with E-state index in [2.05, 4.69) is 44.2 Å². The number of rotatable bonds is 3. The lowest BCUT2D eigenvalue weighted by Gasteiger charge is -2.09. The normalized spacial score (nSPS) is 13.8. The Hall–Kier alpha value is -1.19. The molecule has 0 saturated carbocycles. The van der Waals surface area contributed by atoms with Gasteiger partial charge >= 0.3 is 0 Å². The highest BCUT2D eigenvalue weighted by molar-refractivity contribution is 7.99. The van der Waals surface area contributed by atoms with E-state index >= 15 is 0 Å². The van der Waals surface area contributed by atoms with Crippen LogP contribution < -0.4 is 0 Å². The molecule has 0 saturated heterocycles. The molecule has 1 aliphatic heterocycles. The molecule has 2 aromatic rings. The highest BCUT2D eigenvalue weighted by Gasteiger charge is 2.20. The summed E-state index contributed by atoms with van der Waals surface area (Å²) >= 11 is 3.54. The van der Waals surface area contributed by atoms with Crippen LogP contribution in [-0.2, 0) is 6.42 Å². The Bertz CT molecular complexity index is 677. The minimum atomic E-state index is 0.231. The molecule has 108 valence electrons. The lowest BCUT2D eigenvalue weighted by Crippen LogP contribution is -2.03. The number of carbonyl (C=O) groups excluding carboxylic acids is 1. The summed E-state index contributed by atoms with van der Waals surface area (Å²) in [4.78, 5) is 16.0. The van der Waals surface area contributed by atoms with E-state index in [0.717, 1.165) is 21.8 Å². The van der Waals surface area contributed by atoms with Gasteiger partial charge in [-0.3, -0.25) is 4.79 Å². The van der Waals surface area contributed by atoms with Crippen molar-refractivity contribution in [3.05, 3.63) is 53.6 Å². The zero-order chi connectivity index (χ0) is 14.8. The third kappa shape index (κ3) is 3.35. The molecule has 0 atom stereocenters. The second-order valence-electron chi connectivity index (χ2n) is 5.67. The van der Waals surface area contributed by atoms with Gasteiger partial charge in [0.15, 0.2) is 5.78 Å². The molecular weight excluding hydrogens is 296 g/mol. The van der Waals surface area contributed by atoms with Gasteiger partial charge in [0.25, 0.3) is 0 Å². The monoisotopic (exact) mass is 314 g/mol. The highest BCUT2D eigenvalue weighted by atomic mass is 32.2. The van der Waals surface area contributed by atoms with Crippen LogP contribution in [0.4, 0.5) is 0 Å². The van der Waals surface area contributed by atoms with E-state index in [1.807, 2.05) is 23.9 Å². The Labute approximate surface area is 134 Å². The van der Waals surface area contributed by atoms with Gasteiger partial charge in [0.1, 0.15) is 0 Å². The van der Waals surface area contributed by atoms with Crippen molar-refractivity contribution in [3.8, 4) is 0 Å². The predicted molar refractivity (Wildman–Crippen MR) is 90.6 cm³/mol. The van der Waals surface area contributed by atoms with Gasteiger partial charge in [0.05, 0.1) is 0 Å². The molecule has 1 aliphatic rings. The average molecular weight is 314 g/mol. The first kappa shape index (κ1) is 14.7. The van der Waals surface area contributed by atoms with E-state index in [-0.39, 0.29) is 5.78 Å². The van der Waals surface area contributed by atoms with Crippen molar-refractivity contribution in [1.29, 1.82) is 0 Å². The SMILES string of the molecule is CC(C)CSc1ccc2c(c1)C(=O)Cc1ccccc1S2. The second-order valence-corrected chi connectivity index (χ2v) is 7.85. The summed E-state index contributed by atoms with van der Waals surface area (Å²) in [6, 6.07) is 14.5. The van der Waals surface area contributed by atoms with Gasteiger partial charge in [-0.1, -0.05) is 43.8 Å². The van der Waals surface area contributed by atoms with Crippen molar-refractivity contribution in [2.45, 2.75) is 35.0 Å². The van der Waals surface area contributed by atoms with Crippen molar-refractivity contribution < 1.29 is 4.79 Å². The van der Waals surface area contributed by atoms with Crippen molar-refractivity contribution >= 4 is 29.3 Å². The first-order valence-electron chi connectivity index (χ1n) is 7.19. The fourth-order valence-electron chi connectivity index (χ4n) is 2.30. The van der Waals surface area contributed by atoms with Gasteiger partial charge in [-0.15, -0.1) is 11.8 Å². The molecule has 2 aromatic carbocycles. The van der Waals surface area contributed by atoms with E-state index < -0.39 is 0 Å². The van der Waals surface area contributed by atoms with E-state index in [1.54, 1.807) is 11.8 Å². The van der Waals surface area contributed by atoms with E-state index in [4.69, 9.17) is 0 Å². The van der Waals surface area contributed by atoms with Gasteiger partial charge in [0.2, 0.25) is 0 Å². The Morgan fingerprint density at radius 1 is 1.14 bits per heavy atom. The number of hydrogen-bond acceptors (Lipinski definition) is 3. The molecule has 0 amide bonds. The molecule has 0 N–H and O–H groups in total. The van der Waals surface area contributed by atoms with Gasteiger partial charge in [-0.2, -0.15) is 0 Å². The minimum absolute atomic E-state index is 0.231. The van der Waals surface area contributed by atoms with Gasteiger partial charge < -0.3 is 0 Å². The van der Waals surface area contributed by atoms with Crippen LogP contribution in [0.3, 0.4) is 0 Å². The Morgan fingerprint density at radius 3 is 2.76 bits per heavy atom. The van der Waals surface area contributed by atoms with Crippen LogP contribution in [0.15, 0.2) is 57.2 Å². The van der Waals surface area contributed by atoms with Crippen molar-refractivity contribution in [3.63, 3.8) is 0 Å².